The van der Waals surface area contributed by atoms with Gasteiger partial charge in [-0.15, -0.1) is 0 Å². The van der Waals surface area contributed by atoms with E-state index >= 15 is 0 Å². The lowest BCUT2D eigenvalue weighted by Crippen LogP contribution is -2.13. The van der Waals surface area contributed by atoms with Crippen LogP contribution in [-0.2, 0) is 19.3 Å². The first-order chi connectivity index (χ1) is 13.5. The van der Waals surface area contributed by atoms with E-state index in [2.05, 4.69) is 88.9 Å². The molecule has 0 saturated heterocycles. The Labute approximate surface area is 171 Å². The first-order valence-electron chi connectivity index (χ1n) is 10.8. The fourth-order valence-corrected chi connectivity index (χ4v) is 4.29. The smallest absolute Gasteiger partial charge is 0.00229 e. The van der Waals surface area contributed by atoms with Crippen LogP contribution in [0.4, 0.5) is 0 Å². The van der Waals surface area contributed by atoms with Gasteiger partial charge in [0.2, 0.25) is 0 Å². The number of allylic oxidation sites excluding steroid dienone is 5. The molecular weight excluding hydrogens is 336 g/mol. The van der Waals surface area contributed by atoms with Crippen molar-refractivity contribution in [2.75, 3.05) is 0 Å². The molecule has 2 atom stereocenters. The van der Waals surface area contributed by atoms with E-state index in [-0.39, 0.29) is 0 Å². The molecule has 0 fully saturated rings. The summed E-state index contributed by atoms with van der Waals surface area (Å²) in [7, 11) is 0. The molecule has 0 bridgehead atoms. The maximum Gasteiger partial charge on any atom is -0.00229 e. The molecule has 0 saturated carbocycles. The van der Waals surface area contributed by atoms with E-state index in [1.807, 2.05) is 6.08 Å². The van der Waals surface area contributed by atoms with Gasteiger partial charge in [-0.25, -0.2) is 0 Å². The Morgan fingerprint density at radius 1 is 1.00 bits per heavy atom. The summed E-state index contributed by atoms with van der Waals surface area (Å²) in [6, 6.07) is 16.3. The van der Waals surface area contributed by atoms with Crippen LogP contribution < -0.4 is 0 Å². The standard InChI is InChI=1S/C28H34/c1-6-22-9-11-24(12-10-22)18-27-14-13-23(7-2)19-28(27)21(5)26-16-15-25(8-3)20(4)17-26/h8-15,17,19,21,26H,3,6-7,16,18H2,1-2,4-5H3. The van der Waals surface area contributed by atoms with Gasteiger partial charge in [0.25, 0.3) is 0 Å². The lowest BCUT2D eigenvalue weighted by Gasteiger charge is -2.27. The quantitative estimate of drug-likeness (QED) is 0.471. The van der Waals surface area contributed by atoms with Crippen LogP contribution in [0.2, 0.25) is 0 Å². The Hall–Kier alpha value is -2.34. The van der Waals surface area contributed by atoms with Gasteiger partial charge in [0, 0.05) is 0 Å². The molecule has 0 nitrogen and oxygen atoms in total. The van der Waals surface area contributed by atoms with Crippen molar-refractivity contribution < 1.29 is 0 Å². The zero-order valence-corrected chi connectivity index (χ0v) is 18.0. The third-order valence-corrected chi connectivity index (χ3v) is 6.33. The van der Waals surface area contributed by atoms with Crippen LogP contribution in [0.1, 0.15) is 67.9 Å². The number of hydrogen-bond donors (Lipinski definition) is 0. The SMILES string of the molecule is C=CC1=CCC(C(C)c2cc(CC)ccc2Cc2ccc(CC)cc2)C=C1C. The topological polar surface area (TPSA) is 0 Å². The van der Waals surface area contributed by atoms with Crippen molar-refractivity contribution in [3.8, 4) is 0 Å². The van der Waals surface area contributed by atoms with Crippen molar-refractivity contribution in [2.45, 2.75) is 59.3 Å². The number of aryl methyl sites for hydroxylation is 2. The van der Waals surface area contributed by atoms with Crippen LogP contribution in [0.15, 0.2) is 78.4 Å². The maximum absolute atomic E-state index is 3.95. The molecular formula is C28H34. The average molecular weight is 371 g/mol. The zero-order chi connectivity index (χ0) is 20.1. The van der Waals surface area contributed by atoms with Crippen LogP contribution in [0.3, 0.4) is 0 Å². The van der Waals surface area contributed by atoms with Crippen molar-refractivity contribution in [3.63, 3.8) is 0 Å². The minimum Gasteiger partial charge on any atom is -0.0985 e. The van der Waals surface area contributed by atoms with E-state index in [9.17, 15) is 0 Å². The summed E-state index contributed by atoms with van der Waals surface area (Å²) >= 11 is 0. The minimum atomic E-state index is 0.508. The van der Waals surface area contributed by atoms with Crippen LogP contribution in [0.25, 0.3) is 0 Å². The second-order valence-electron chi connectivity index (χ2n) is 8.14. The summed E-state index contributed by atoms with van der Waals surface area (Å²) in [4.78, 5) is 0. The molecule has 0 heterocycles. The predicted octanol–water partition coefficient (Wildman–Crippen LogP) is 7.58. The summed E-state index contributed by atoms with van der Waals surface area (Å²) in [5.74, 6) is 1.06. The molecule has 28 heavy (non-hydrogen) atoms. The molecule has 0 radical (unpaired) electrons. The lowest BCUT2D eigenvalue weighted by atomic mass is 9.77. The van der Waals surface area contributed by atoms with Crippen molar-refractivity contribution in [2.24, 2.45) is 5.92 Å². The molecule has 3 rings (SSSR count). The molecule has 0 spiro atoms. The van der Waals surface area contributed by atoms with Crippen LogP contribution >= 0.6 is 0 Å². The summed E-state index contributed by atoms with van der Waals surface area (Å²) in [5, 5.41) is 0. The molecule has 146 valence electrons. The normalized spacial score (nSPS) is 17.6. The minimum absolute atomic E-state index is 0.508. The van der Waals surface area contributed by atoms with Crippen LogP contribution in [-0.4, -0.2) is 0 Å². The van der Waals surface area contributed by atoms with Gasteiger partial charge in [0.1, 0.15) is 0 Å². The third kappa shape index (κ3) is 4.55. The van der Waals surface area contributed by atoms with Gasteiger partial charge in [-0.3, -0.25) is 0 Å². The largest absolute Gasteiger partial charge is 0.0985 e. The van der Waals surface area contributed by atoms with Crippen molar-refractivity contribution >= 4 is 0 Å². The van der Waals surface area contributed by atoms with Gasteiger partial charge in [0.05, 0.1) is 0 Å². The second kappa shape index (κ2) is 9.24. The first-order valence-corrected chi connectivity index (χ1v) is 10.8. The van der Waals surface area contributed by atoms with Crippen LogP contribution in [0.5, 0.6) is 0 Å². The Morgan fingerprint density at radius 2 is 1.64 bits per heavy atom. The summed E-state index contributed by atoms with van der Waals surface area (Å²) in [5.41, 5.74) is 9.89. The Bertz CT molecular complexity index is 877. The predicted molar refractivity (Wildman–Crippen MR) is 123 cm³/mol. The number of benzene rings is 2. The Balaban J connectivity index is 1.90. The summed E-state index contributed by atoms with van der Waals surface area (Å²) in [6.45, 7) is 13.0. The highest BCUT2D eigenvalue weighted by Gasteiger charge is 2.22. The fourth-order valence-electron chi connectivity index (χ4n) is 4.29. The van der Waals surface area contributed by atoms with Crippen molar-refractivity contribution in [1.29, 1.82) is 0 Å². The number of rotatable bonds is 7. The highest BCUT2D eigenvalue weighted by Crippen LogP contribution is 2.36. The highest BCUT2D eigenvalue weighted by molar-refractivity contribution is 5.43. The van der Waals surface area contributed by atoms with Gasteiger partial charge in [-0.1, -0.05) is 88.0 Å². The van der Waals surface area contributed by atoms with Crippen LogP contribution in [0, 0.1) is 5.92 Å². The molecule has 0 N–H and O–H groups in total. The molecule has 0 heteroatoms. The molecule has 0 aliphatic heterocycles. The van der Waals surface area contributed by atoms with E-state index in [4.69, 9.17) is 0 Å². The van der Waals surface area contributed by atoms with E-state index in [0.29, 0.717) is 11.8 Å². The van der Waals surface area contributed by atoms with Gasteiger partial charge in [-0.05, 0) is 83.4 Å². The van der Waals surface area contributed by atoms with E-state index in [0.717, 1.165) is 25.7 Å². The van der Waals surface area contributed by atoms with Gasteiger partial charge >= 0.3 is 0 Å². The summed E-state index contributed by atoms with van der Waals surface area (Å²) in [6.07, 6.45) is 11.1. The molecule has 2 aromatic carbocycles. The Kier molecular flexibility index (Phi) is 6.73. The van der Waals surface area contributed by atoms with Gasteiger partial charge < -0.3 is 0 Å². The lowest BCUT2D eigenvalue weighted by molar-refractivity contribution is 0.536. The van der Waals surface area contributed by atoms with Crippen molar-refractivity contribution in [1.82, 2.24) is 0 Å². The molecule has 2 unspecified atom stereocenters. The molecule has 2 aromatic rings. The molecule has 0 amide bonds. The highest BCUT2D eigenvalue weighted by atomic mass is 14.3. The van der Waals surface area contributed by atoms with Crippen molar-refractivity contribution in [3.05, 3.63) is 106 Å². The molecule has 0 aromatic heterocycles. The fraction of sp³-hybridized carbons (Fsp3) is 0.357. The Morgan fingerprint density at radius 3 is 2.25 bits per heavy atom. The molecule has 1 aliphatic rings. The van der Waals surface area contributed by atoms with E-state index in [1.54, 1.807) is 0 Å². The maximum atomic E-state index is 3.95. The first kappa shape index (κ1) is 20.4. The monoisotopic (exact) mass is 370 g/mol. The third-order valence-electron chi connectivity index (χ3n) is 6.33. The average Bonchev–Trinajstić information content (AvgIpc) is 2.74. The second-order valence-corrected chi connectivity index (χ2v) is 8.14. The van der Waals surface area contributed by atoms with E-state index in [1.165, 1.54) is 39.0 Å². The van der Waals surface area contributed by atoms with Gasteiger partial charge in [-0.2, -0.15) is 0 Å². The van der Waals surface area contributed by atoms with E-state index < -0.39 is 0 Å². The zero-order valence-electron chi connectivity index (χ0n) is 18.0. The summed E-state index contributed by atoms with van der Waals surface area (Å²) < 4.78 is 0. The number of hydrogen-bond acceptors (Lipinski definition) is 0. The molecule has 1 aliphatic carbocycles. The van der Waals surface area contributed by atoms with Gasteiger partial charge in [0.15, 0.2) is 0 Å².